The number of nitrogen functional groups attached to an aromatic ring is 1. The molecule has 3 N–H and O–H groups in total. The predicted octanol–water partition coefficient (Wildman–Crippen LogP) is 4.04. The molecule has 0 unspecified atom stereocenters. The number of H-pyrrole nitrogens is 1. The molecule has 0 saturated heterocycles. The van der Waals surface area contributed by atoms with Gasteiger partial charge in [0.1, 0.15) is 5.82 Å². The average Bonchev–Trinajstić information content (AvgIpc) is 3.11. The first-order chi connectivity index (χ1) is 10.3. The lowest BCUT2D eigenvalue weighted by molar-refractivity contribution is 0.429. The summed E-state index contributed by atoms with van der Waals surface area (Å²) in [5.74, 6) is 2.46. The normalized spacial score (nSPS) is 19.6. The van der Waals surface area contributed by atoms with Crippen LogP contribution in [0.5, 0.6) is 0 Å². The van der Waals surface area contributed by atoms with Gasteiger partial charge < -0.3 is 5.73 Å². The highest BCUT2D eigenvalue weighted by molar-refractivity contribution is 7.16. The van der Waals surface area contributed by atoms with Crippen LogP contribution in [0.15, 0.2) is 0 Å². The monoisotopic (exact) mass is 302 g/mol. The molecule has 1 fully saturated rings. The van der Waals surface area contributed by atoms with Crippen LogP contribution in [0, 0.1) is 0 Å². The Morgan fingerprint density at radius 3 is 2.71 bits per heavy atom. The lowest BCUT2D eigenvalue weighted by Crippen LogP contribution is -2.06. The molecule has 112 valence electrons. The van der Waals surface area contributed by atoms with Crippen molar-refractivity contribution in [2.75, 3.05) is 5.73 Å². The number of anilines is 1. The maximum absolute atomic E-state index is 6.27. The Kier molecular flexibility index (Phi) is 3.45. The number of thiophene rings is 1. The Morgan fingerprint density at radius 1 is 1.05 bits per heavy atom. The van der Waals surface area contributed by atoms with Crippen LogP contribution in [0.3, 0.4) is 0 Å². The van der Waals surface area contributed by atoms with Crippen LogP contribution in [0.2, 0.25) is 0 Å². The molecule has 0 aromatic carbocycles. The largest absolute Gasteiger partial charge is 0.390 e. The van der Waals surface area contributed by atoms with E-state index in [1.54, 1.807) is 11.3 Å². The van der Waals surface area contributed by atoms with Crippen molar-refractivity contribution in [2.45, 2.75) is 63.7 Å². The molecular formula is C16H22N4S. The molecule has 2 aliphatic carbocycles. The number of hydrogen-bond acceptors (Lipinski definition) is 4. The van der Waals surface area contributed by atoms with Gasteiger partial charge in [-0.2, -0.15) is 5.10 Å². The second kappa shape index (κ2) is 5.44. The number of fused-ring (bicyclic) bond motifs is 1. The average molecular weight is 302 g/mol. The summed E-state index contributed by atoms with van der Waals surface area (Å²) in [5, 5.41) is 8.58. The highest BCUT2D eigenvalue weighted by Gasteiger charge is 2.25. The van der Waals surface area contributed by atoms with E-state index in [0.717, 1.165) is 28.6 Å². The van der Waals surface area contributed by atoms with E-state index in [-0.39, 0.29) is 0 Å². The van der Waals surface area contributed by atoms with Crippen LogP contribution < -0.4 is 5.73 Å². The van der Waals surface area contributed by atoms with Crippen LogP contribution in [0.1, 0.15) is 67.1 Å². The van der Waals surface area contributed by atoms with Crippen molar-refractivity contribution in [2.24, 2.45) is 0 Å². The summed E-state index contributed by atoms with van der Waals surface area (Å²) in [6, 6.07) is 0. The third-order valence-electron chi connectivity index (χ3n) is 4.92. The Balaban J connectivity index is 1.68. The Bertz CT molecular complexity index is 637. The van der Waals surface area contributed by atoms with E-state index < -0.39 is 0 Å². The highest BCUT2D eigenvalue weighted by atomic mass is 32.1. The first-order valence-corrected chi connectivity index (χ1v) is 8.97. The quantitative estimate of drug-likeness (QED) is 0.879. The molecule has 2 aliphatic rings. The van der Waals surface area contributed by atoms with Crippen LogP contribution in [-0.2, 0) is 12.8 Å². The summed E-state index contributed by atoms with van der Waals surface area (Å²) < 4.78 is 0. The predicted molar refractivity (Wildman–Crippen MR) is 86.6 cm³/mol. The van der Waals surface area contributed by atoms with Gasteiger partial charge in [-0.3, -0.25) is 5.10 Å². The lowest BCUT2D eigenvalue weighted by Gasteiger charge is -2.18. The van der Waals surface area contributed by atoms with Gasteiger partial charge in [-0.25, -0.2) is 4.98 Å². The van der Waals surface area contributed by atoms with Gasteiger partial charge in [0.25, 0.3) is 0 Å². The molecule has 21 heavy (non-hydrogen) atoms. The van der Waals surface area contributed by atoms with Crippen molar-refractivity contribution in [1.82, 2.24) is 15.2 Å². The second-order valence-electron chi connectivity index (χ2n) is 6.33. The van der Waals surface area contributed by atoms with Crippen molar-refractivity contribution in [3.63, 3.8) is 0 Å². The number of nitrogens with one attached hydrogen (secondary N) is 1. The maximum atomic E-state index is 6.27. The molecule has 0 spiro atoms. The third-order valence-corrected chi connectivity index (χ3v) is 6.04. The molecule has 0 atom stereocenters. The van der Waals surface area contributed by atoms with E-state index in [9.17, 15) is 0 Å². The van der Waals surface area contributed by atoms with E-state index in [1.807, 2.05) is 0 Å². The summed E-state index contributed by atoms with van der Waals surface area (Å²) in [5.41, 5.74) is 8.80. The number of nitrogens with two attached hydrogens (primary N) is 1. The summed E-state index contributed by atoms with van der Waals surface area (Å²) in [4.78, 5) is 6.26. The fraction of sp³-hybridized carbons (Fsp3) is 0.625. The molecule has 5 heteroatoms. The van der Waals surface area contributed by atoms with Crippen molar-refractivity contribution in [3.8, 4) is 11.4 Å². The number of aryl methyl sites for hydroxylation is 1. The fourth-order valence-electron chi connectivity index (χ4n) is 3.78. The first kappa shape index (κ1) is 13.3. The molecular weight excluding hydrogens is 280 g/mol. The highest BCUT2D eigenvalue weighted by Crippen LogP contribution is 2.41. The van der Waals surface area contributed by atoms with E-state index in [1.165, 1.54) is 61.8 Å². The van der Waals surface area contributed by atoms with Crippen LogP contribution >= 0.6 is 11.3 Å². The number of rotatable bonds is 2. The van der Waals surface area contributed by atoms with Crippen molar-refractivity contribution < 1.29 is 0 Å². The van der Waals surface area contributed by atoms with Gasteiger partial charge in [-0.15, -0.1) is 11.3 Å². The summed E-state index contributed by atoms with van der Waals surface area (Å²) >= 11 is 1.74. The topological polar surface area (TPSA) is 67.6 Å². The molecule has 1 saturated carbocycles. The SMILES string of the molecule is Nc1sc2c(c1-c1n[nH]c(C3CCCCC3)n1)CCCC2. The molecule has 0 bridgehead atoms. The Hall–Kier alpha value is -1.36. The smallest absolute Gasteiger partial charge is 0.184 e. The van der Waals surface area contributed by atoms with E-state index in [4.69, 9.17) is 10.7 Å². The van der Waals surface area contributed by atoms with Crippen LogP contribution in [0.25, 0.3) is 11.4 Å². The first-order valence-electron chi connectivity index (χ1n) is 8.15. The maximum Gasteiger partial charge on any atom is 0.184 e. The van der Waals surface area contributed by atoms with Gasteiger partial charge in [0, 0.05) is 10.8 Å². The molecule has 0 radical (unpaired) electrons. The van der Waals surface area contributed by atoms with Crippen LogP contribution in [-0.4, -0.2) is 15.2 Å². The van der Waals surface area contributed by atoms with Gasteiger partial charge in [0.15, 0.2) is 5.82 Å². The number of aromatic amines is 1. The third kappa shape index (κ3) is 2.37. The minimum Gasteiger partial charge on any atom is -0.390 e. The molecule has 2 aromatic rings. The number of nitrogens with zero attached hydrogens (tertiary/aromatic N) is 2. The van der Waals surface area contributed by atoms with Crippen molar-refractivity contribution in [1.29, 1.82) is 0 Å². The van der Waals surface area contributed by atoms with Gasteiger partial charge in [-0.1, -0.05) is 19.3 Å². The second-order valence-corrected chi connectivity index (χ2v) is 7.47. The zero-order chi connectivity index (χ0) is 14.2. The molecule has 2 aromatic heterocycles. The Labute approximate surface area is 129 Å². The molecule has 4 rings (SSSR count). The lowest BCUT2D eigenvalue weighted by atomic mass is 9.89. The summed E-state index contributed by atoms with van der Waals surface area (Å²) in [7, 11) is 0. The summed E-state index contributed by atoms with van der Waals surface area (Å²) in [6.45, 7) is 0. The van der Waals surface area contributed by atoms with Gasteiger partial charge in [-0.05, 0) is 44.1 Å². The van der Waals surface area contributed by atoms with Crippen LogP contribution in [0.4, 0.5) is 5.00 Å². The minimum atomic E-state index is 0.565. The Morgan fingerprint density at radius 2 is 1.86 bits per heavy atom. The van der Waals surface area contributed by atoms with Gasteiger partial charge in [0.05, 0.1) is 10.6 Å². The fourth-order valence-corrected chi connectivity index (χ4v) is 4.93. The van der Waals surface area contributed by atoms with E-state index in [2.05, 4.69) is 10.2 Å². The molecule has 0 aliphatic heterocycles. The summed E-state index contributed by atoms with van der Waals surface area (Å²) in [6.07, 6.45) is 11.3. The van der Waals surface area contributed by atoms with E-state index in [0.29, 0.717) is 5.92 Å². The number of hydrogen-bond donors (Lipinski definition) is 2. The zero-order valence-electron chi connectivity index (χ0n) is 12.3. The number of aromatic nitrogens is 3. The molecule has 2 heterocycles. The minimum absolute atomic E-state index is 0.565. The van der Waals surface area contributed by atoms with Gasteiger partial charge in [0.2, 0.25) is 0 Å². The molecule has 4 nitrogen and oxygen atoms in total. The van der Waals surface area contributed by atoms with Crippen molar-refractivity contribution >= 4 is 16.3 Å². The van der Waals surface area contributed by atoms with Gasteiger partial charge >= 0.3 is 0 Å². The standard InChI is InChI=1S/C16H22N4S/c17-14-13(11-8-4-5-9-12(11)21-14)16-18-15(19-20-16)10-6-2-1-3-7-10/h10H,1-9,17H2,(H,18,19,20). The zero-order valence-corrected chi connectivity index (χ0v) is 13.1. The van der Waals surface area contributed by atoms with E-state index >= 15 is 0 Å². The molecule has 0 amide bonds. The van der Waals surface area contributed by atoms with Crippen molar-refractivity contribution in [3.05, 3.63) is 16.3 Å².